The summed E-state index contributed by atoms with van der Waals surface area (Å²) in [5.74, 6) is 0.316. The van der Waals surface area contributed by atoms with E-state index in [-0.39, 0.29) is 26.9 Å². The van der Waals surface area contributed by atoms with Crippen molar-refractivity contribution in [2.24, 2.45) is 0 Å². The third-order valence-corrected chi connectivity index (χ3v) is 2.91. The summed E-state index contributed by atoms with van der Waals surface area (Å²) in [5, 5.41) is 9.77. The van der Waals surface area contributed by atoms with Gasteiger partial charge in [0, 0.05) is 12.1 Å². The van der Waals surface area contributed by atoms with Crippen LogP contribution in [0.25, 0.3) is 0 Å². The van der Waals surface area contributed by atoms with Crippen LogP contribution in [0.1, 0.15) is 0 Å². The molecule has 0 aliphatic heterocycles. The molecule has 0 saturated carbocycles. The van der Waals surface area contributed by atoms with Crippen LogP contribution in [-0.4, -0.2) is 24.9 Å². The minimum atomic E-state index is -0.0118. The molecule has 7 heteroatoms. The number of hydrogen-bond acceptors (Lipinski definition) is 3. The summed E-state index contributed by atoms with van der Waals surface area (Å²) in [6.45, 7) is 1.01. The van der Waals surface area contributed by atoms with Gasteiger partial charge in [0.15, 0.2) is 5.75 Å². The van der Waals surface area contributed by atoms with Crippen LogP contribution >= 0.6 is 46.4 Å². The molecule has 0 unspecified atom stereocenters. The van der Waals surface area contributed by atoms with Gasteiger partial charge in [-0.2, -0.15) is 0 Å². The van der Waals surface area contributed by atoms with Crippen molar-refractivity contribution in [1.82, 2.24) is 0 Å². The first-order valence-corrected chi connectivity index (χ1v) is 7.06. The third-order valence-electron chi connectivity index (χ3n) is 2.04. The molecule has 0 atom stereocenters. The Morgan fingerprint density at radius 1 is 1.05 bits per heavy atom. The van der Waals surface area contributed by atoms with E-state index in [0.717, 1.165) is 0 Å². The van der Waals surface area contributed by atoms with Gasteiger partial charge in [-0.05, 0) is 12.2 Å². The molecule has 0 amide bonds. The van der Waals surface area contributed by atoms with Crippen LogP contribution in [0, 0.1) is 0 Å². The van der Waals surface area contributed by atoms with Crippen molar-refractivity contribution >= 4 is 46.4 Å². The number of phenols is 1. The first-order valence-electron chi connectivity index (χ1n) is 5.55. The molecule has 0 bridgehead atoms. The number of halogens is 4. The number of hydrogen-bond donors (Lipinski definition) is 1. The SMILES string of the molecule is Oc1cc(Cl)c(OC/C=C/COCC=C(Cl)Cl)c(Cl)c1. The molecule has 0 aliphatic rings. The van der Waals surface area contributed by atoms with E-state index in [0.29, 0.717) is 19.0 Å². The van der Waals surface area contributed by atoms with Gasteiger partial charge in [-0.3, -0.25) is 0 Å². The average Bonchev–Trinajstić information content (AvgIpc) is 2.34. The molecule has 0 heterocycles. The van der Waals surface area contributed by atoms with Crippen molar-refractivity contribution in [3.05, 3.63) is 44.9 Å². The number of rotatable bonds is 7. The highest BCUT2D eigenvalue weighted by molar-refractivity contribution is 6.55. The van der Waals surface area contributed by atoms with E-state index in [2.05, 4.69) is 0 Å². The predicted octanol–water partition coefficient (Wildman–Crippen LogP) is 4.97. The van der Waals surface area contributed by atoms with Crippen molar-refractivity contribution in [3.8, 4) is 11.5 Å². The minimum Gasteiger partial charge on any atom is -0.508 e. The Bertz CT molecular complexity index is 473. The Hall–Kier alpha value is -0.580. The summed E-state index contributed by atoms with van der Waals surface area (Å²) >= 11 is 22.6. The van der Waals surface area contributed by atoms with E-state index in [1.807, 2.05) is 0 Å². The highest BCUT2D eigenvalue weighted by Crippen LogP contribution is 2.36. The lowest BCUT2D eigenvalue weighted by atomic mass is 10.3. The van der Waals surface area contributed by atoms with Crippen LogP contribution < -0.4 is 4.74 Å². The molecule has 1 aromatic rings. The zero-order chi connectivity index (χ0) is 15.0. The number of ether oxygens (including phenoxy) is 2. The maximum absolute atomic E-state index is 9.27. The summed E-state index contributed by atoms with van der Waals surface area (Å²) < 4.78 is 10.8. The molecule has 1 aromatic carbocycles. The van der Waals surface area contributed by atoms with Crippen LogP contribution in [0.5, 0.6) is 11.5 Å². The van der Waals surface area contributed by atoms with Crippen molar-refractivity contribution < 1.29 is 14.6 Å². The van der Waals surface area contributed by atoms with Crippen molar-refractivity contribution in [3.63, 3.8) is 0 Å². The Balaban J connectivity index is 2.32. The minimum absolute atomic E-state index is 0.0118. The summed E-state index contributed by atoms with van der Waals surface area (Å²) in [6, 6.07) is 2.72. The topological polar surface area (TPSA) is 38.7 Å². The summed E-state index contributed by atoms with van der Waals surface area (Å²) in [6.07, 6.45) is 5.08. The fourth-order valence-electron chi connectivity index (χ4n) is 1.21. The smallest absolute Gasteiger partial charge is 0.157 e. The second-order valence-electron chi connectivity index (χ2n) is 3.55. The van der Waals surface area contributed by atoms with Gasteiger partial charge < -0.3 is 14.6 Å². The highest BCUT2D eigenvalue weighted by Gasteiger charge is 2.08. The van der Waals surface area contributed by atoms with Gasteiger partial charge in [0.1, 0.15) is 16.8 Å². The number of benzene rings is 1. The van der Waals surface area contributed by atoms with Gasteiger partial charge in [0.05, 0.1) is 23.3 Å². The summed E-state index contributed by atoms with van der Waals surface area (Å²) in [4.78, 5) is 0. The normalized spacial score (nSPS) is 10.8. The van der Waals surface area contributed by atoms with Gasteiger partial charge in [-0.1, -0.05) is 52.5 Å². The van der Waals surface area contributed by atoms with Crippen LogP contribution in [-0.2, 0) is 4.74 Å². The maximum atomic E-state index is 9.27. The van der Waals surface area contributed by atoms with E-state index in [1.165, 1.54) is 12.1 Å². The highest BCUT2D eigenvalue weighted by atomic mass is 35.5. The molecule has 0 spiro atoms. The number of phenolic OH excluding ortho intramolecular Hbond substituents is 1. The lowest BCUT2D eigenvalue weighted by Crippen LogP contribution is -1.96. The van der Waals surface area contributed by atoms with Crippen molar-refractivity contribution in [2.75, 3.05) is 19.8 Å². The Morgan fingerprint density at radius 3 is 2.25 bits per heavy atom. The second-order valence-corrected chi connectivity index (χ2v) is 5.37. The third kappa shape index (κ3) is 6.73. The fraction of sp³-hybridized carbons (Fsp3) is 0.231. The molecule has 0 saturated heterocycles. The van der Waals surface area contributed by atoms with E-state index >= 15 is 0 Å². The lowest BCUT2D eigenvalue weighted by Gasteiger charge is -2.08. The Kier molecular flexibility index (Phi) is 8.19. The maximum Gasteiger partial charge on any atom is 0.157 e. The first-order chi connectivity index (χ1) is 9.50. The molecule has 3 nitrogen and oxygen atoms in total. The van der Waals surface area contributed by atoms with Gasteiger partial charge in [-0.25, -0.2) is 0 Å². The summed E-state index contributed by atoms with van der Waals surface area (Å²) in [5.41, 5.74) is 0. The zero-order valence-electron chi connectivity index (χ0n) is 10.3. The van der Waals surface area contributed by atoms with E-state index in [1.54, 1.807) is 18.2 Å². The Morgan fingerprint density at radius 2 is 1.65 bits per heavy atom. The molecule has 110 valence electrons. The molecule has 0 fully saturated rings. The molecule has 0 radical (unpaired) electrons. The van der Waals surface area contributed by atoms with Gasteiger partial charge in [0.2, 0.25) is 0 Å². The average molecular weight is 358 g/mol. The first kappa shape index (κ1) is 17.5. The quantitative estimate of drug-likeness (QED) is 0.553. The molecule has 1 N–H and O–H groups in total. The van der Waals surface area contributed by atoms with Crippen LogP contribution in [0.4, 0.5) is 0 Å². The molecule has 0 aliphatic carbocycles. The second kappa shape index (κ2) is 9.37. The van der Waals surface area contributed by atoms with Crippen LogP contribution in [0.3, 0.4) is 0 Å². The van der Waals surface area contributed by atoms with E-state index in [9.17, 15) is 5.11 Å². The summed E-state index contributed by atoms with van der Waals surface area (Å²) in [7, 11) is 0. The standard InChI is InChI=1S/C13H12Cl4O3/c14-10-7-9(18)8-11(15)13(10)20-5-2-1-4-19-6-3-12(16)17/h1-3,7-8,18H,4-6H2/b2-1+. The van der Waals surface area contributed by atoms with Gasteiger partial charge in [-0.15, -0.1) is 0 Å². The largest absolute Gasteiger partial charge is 0.508 e. The van der Waals surface area contributed by atoms with E-state index in [4.69, 9.17) is 55.9 Å². The predicted molar refractivity (Wildman–Crippen MR) is 83.4 cm³/mol. The molecular formula is C13H12Cl4O3. The molecular weight excluding hydrogens is 346 g/mol. The monoisotopic (exact) mass is 356 g/mol. The molecule has 0 aromatic heterocycles. The molecule has 20 heavy (non-hydrogen) atoms. The Labute approximate surface area is 137 Å². The fourth-order valence-corrected chi connectivity index (χ4v) is 1.92. The van der Waals surface area contributed by atoms with Crippen molar-refractivity contribution in [2.45, 2.75) is 0 Å². The molecule has 1 rings (SSSR count). The van der Waals surface area contributed by atoms with Crippen LogP contribution in [0.15, 0.2) is 34.9 Å². The lowest BCUT2D eigenvalue weighted by molar-refractivity contribution is 0.193. The van der Waals surface area contributed by atoms with Crippen molar-refractivity contribution in [1.29, 1.82) is 0 Å². The zero-order valence-corrected chi connectivity index (χ0v) is 13.3. The number of aromatic hydroxyl groups is 1. The van der Waals surface area contributed by atoms with Gasteiger partial charge >= 0.3 is 0 Å². The van der Waals surface area contributed by atoms with Crippen LogP contribution in [0.2, 0.25) is 10.0 Å². The van der Waals surface area contributed by atoms with Gasteiger partial charge in [0.25, 0.3) is 0 Å². The van der Waals surface area contributed by atoms with E-state index < -0.39 is 0 Å².